The topological polar surface area (TPSA) is 117 Å². The van der Waals surface area contributed by atoms with Gasteiger partial charge in [-0.3, -0.25) is 0 Å². The van der Waals surface area contributed by atoms with Gasteiger partial charge in [-0.1, -0.05) is 35.9 Å². The minimum atomic E-state index is -4.95. The second kappa shape index (κ2) is 17.5. The molecule has 0 spiro atoms. The Morgan fingerprint density at radius 2 is 1.58 bits per heavy atom. The van der Waals surface area contributed by atoms with Crippen LogP contribution in [0.4, 0.5) is 34.0 Å². The first-order valence-electron chi connectivity index (χ1n) is 19.5. The van der Waals surface area contributed by atoms with E-state index in [1.54, 1.807) is 50.3 Å². The predicted molar refractivity (Wildman–Crippen MR) is 221 cm³/mol. The fourth-order valence-electron chi connectivity index (χ4n) is 7.94. The molecule has 2 aliphatic rings. The molecule has 7 rings (SSSR count). The number of fused-ring (bicyclic) bond motifs is 1. The number of halogens is 5. The van der Waals surface area contributed by atoms with Crippen LogP contribution in [0.25, 0.3) is 22.2 Å². The molecule has 0 radical (unpaired) electrons. The Balaban J connectivity index is 1.39. The number of hydrogen-bond acceptors (Lipinski definition) is 10. The molecule has 17 heteroatoms. The van der Waals surface area contributed by atoms with E-state index in [0.717, 1.165) is 30.5 Å². The first kappa shape index (κ1) is 42.5. The summed E-state index contributed by atoms with van der Waals surface area (Å²) < 4.78 is 79.8. The van der Waals surface area contributed by atoms with Crippen molar-refractivity contribution >= 4 is 40.2 Å². The molecule has 0 bridgehead atoms. The number of alkyl halides is 3. The maximum atomic E-state index is 17.5. The van der Waals surface area contributed by atoms with Gasteiger partial charge in [-0.2, -0.15) is 23.1 Å². The standard InChI is InChI=1S/C43H46ClF4N7O5/c1-25-19-34(54(22-27-8-12-30(58-4)13-9-27)23-28-10-14-31(59-5)15-11-28)49-39(36(25)43(46,47)48)35-33(44)20-32-38(37(35)45)50-41(60-24-29-7-6-16-52(29)3)51-40(32)55-18-17-53(42(56)57)21-26(55)2/h8-15,19-20,26,29H,6-7,16-18,21-24H2,1-5H3,(H,56,57)/t26-,29-/m0/s1. The van der Waals surface area contributed by atoms with Gasteiger partial charge in [0, 0.05) is 50.2 Å². The summed E-state index contributed by atoms with van der Waals surface area (Å²) in [5.74, 6) is 0.508. The Kier molecular flexibility index (Phi) is 12.4. The van der Waals surface area contributed by atoms with Crippen LogP contribution in [0.15, 0.2) is 60.7 Å². The third kappa shape index (κ3) is 8.94. The highest BCUT2D eigenvalue weighted by atomic mass is 35.5. The Hall–Kier alpha value is -5.61. The number of aryl methyl sites for hydroxylation is 1. The van der Waals surface area contributed by atoms with E-state index in [4.69, 9.17) is 30.8 Å². The van der Waals surface area contributed by atoms with Crippen LogP contribution in [0.1, 0.15) is 42.0 Å². The van der Waals surface area contributed by atoms with Gasteiger partial charge in [-0.25, -0.2) is 14.2 Å². The van der Waals surface area contributed by atoms with E-state index in [9.17, 15) is 9.90 Å². The van der Waals surface area contributed by atoms with Crippen LogP contribution in [-0.4, -0.2) is 102 Å². The molecule has 3 aromatic carbocycles. The van der Waals surface area contributed by atoms with Crippen molar-refractivity contribution in [1.82, 2.24) is 24.8 Å². The average Bonchev–Trinajstić information content (AvgIpc) is 3.63. The summed E-state index contributed by atoms with van der Waals surface area (Å²) in [6, 6.07) is 16.7. The van der Waals surface area contributed by atoms with Crippen LogP contribution in [0.2, 0.25) is 5.02 Å². The number of amides is 1. The smallest absolute Gasteiger partial charge is 0.418 e. The number of aromatic nitrogens is 3. The van der Waals surface area contributed by atoms with Crippen LogP contribution in [-0.2, 0) is 19.3 Å². The number of carbonyl (C=O) groups is 1. The largest absolute Gasteiger partial charge is 0.497 e. The highest BCUT2D eigenvalue weighted by molar-refractivity contribution is 6.34. The quantitative estimate of drug-likeness (QED) is 0.122. The van der Waals surface area contributed by atoms with Gasteiger partial charge in [0.05, 0.1) is 36.1 Å². The number of rotatable bonds is 12. The number of hydrogen-bond donors (Lipinski definition) is 1. The van der Waals surface area contributed by atoms with Gasteiger partial charge in [-0.15, -0.1) is 0 Å². The molecule has 5 aromatic rings. The van der Waals surface area contributed by atoms with Crippen LogP contribution in [0, 0.1) is 12.7 Å². The molecule has 0 aliphatic carbocycles. The number of methoxy groups -OCH3 is 2. The Labute approximate surface area is 350 Å². The fourth-order valence-corrected chi connectivity index (χ4v) is 8.23. The molecule has 2 aliphatic heterocycles. The van der Waals surface area contributed by atoms with Crippen LogP contribution < -0.4 is 24.0 Å². The van der Waals surface area contributed by atoms with Crippen molar-refractivity contribution in [2.45, 2.75) is 58.0 Å². The molecule has 1 amide bonds. The SMILES string of the molecule is COc1ccc(CN(Cc2ccc(OC)cc2)c2cc(C)c(C(F)(F)F)c(-c3c(Cl)cc4c(N5CCN(C(=O)O)C[C@@H]5C)nc(OC[C@@H]5CCCN5C)nc4c3F)n2)cc1. The predicted octanol–water partition coefficient (Wildman–Crippen LogP) is 8.70. The van der Waals surface area contributed by atoms with Crippen molar-refractivity contribution < 1.29 is 41.7 Å². The van der Waals surface area contributed by atoms with Crippen molar-refractivity contribution in [1.29, 1.82) is 0 Å². The number of ether oxygens (including phenoxy) is 3. The second-order valence-corrected chi connectivity index (χ2v) is 15.6. The number of benzene rings is 3. The number of likely N-dealkylation sites (tertiary alicyclic amines) is 1. The summed E-state index contributed by atoms with van der Waals surface area (Å²) in [6.07, 6.45) is -4.19. The van der Waals surface area contributed by atoms with Gasteiger partial charge in [0.2, 0.25) is 0 Å². The number of nitrogens with zero attached hydrogens (tertiary/aromatic N) is 7. The first-order valence-corrected chi connectivity index (χ1v) is 19.9. The number of likely N-dealkylation sites (N-methyl/N-ethyl adjacent to an activating group) is 1. The molecule has 2 fully saturated rings. The van der Waals surface area contributed by atoms with Gasteiger partial charge < -0.3 is 38.9 Å². The summed E-state index contributed by atoms with van der Waals surface area (Å²) >= 11 is 6.90. The summed E-state index contributed by atoms with van der Waals surface area (Å²) in [7, 11) is 5.08. The molecular formula is C43H46ClF4N7O5. The average molecular weight is 852 g/mol. The third-order valence-corrected chi connectivity index (χ3v) is 11.5. The van der Waals surface area contributed by atoms with E-state index < -0.39 is 40.9 Å². The summed E-state index contributed by atoms with van der Waals surface area (Å²) in [5, 5.41) is 9.46. The molecule has 0 saturated carbocycles. The monoisotopic (exact) mass is 851 g/mol. The van der Waals surface area contributed by atoms with Crippen LogP contribution in [0.3, 0.4) is 0 Å². The van der Waals surface area contributed by atoms with Crippen molar-refractivity contribution in [2.24, 2.45) is 0 Å². The molecular weight excluding hydrogens is 806 g/mol. The molecule has 318 valence electrons. The molecule has 4 heterocycles. The zero-order valence-electron chi connectivity index (χ0n) is 33.9. The zero-order chi connectivity index (χ0) is 42.9. The highest BCUT2D eigenvalue weighted by Gasteiger charge is 2.39. The number of anilines is 2. The molecule has 2 atom stereocenters. The summed E-state index contributed by atoms with van der Waals surface area (Å²) in [5.41, 5.74) is -1.29. The number of carboxylic acid groups (broad SMARTS) is 1. The Bertz CT molecular complexity index is 2300. The van der Waals surface area contributed by atoms with Crippen LogP contribution >= 0.6 is 11.6 Å². The summed E-state index contributed by atoms with van der Waals surface area (Å²) in [4.78, 5) is 32.6. The maximum absolute atomic E-state index is 17.5. The molecule has 1 N–H and O–H groups in total. The highest BCUT2D eigenvalue weighted by Crippen LogP contribution is 2.45. The van der Waals surface area contributed by atoms with E-state index in [-0.39, 0.29) is 84.5 Å². The third-order valence-electron chi connectivity index (χ3n) is 11.2. The van der Waals surface area contributed by atoms with Gasteiger partial charge in [0.25, 0.3) is 0 Å². The lowest BCUT2D eigenvalue weighted by atomic mass is 9.98. The van der Waals surface area contributed by atoms with E-state index in [2.05, 4.69) is 14.9 Å². The minimum Gasteiger partial charge on any atom is -0.497 e. The van der Waals surface area contributed by atoms with Gasteiger partial charge >= 0.3 is 18.3 Å². The normalized spacial score (nSPS) is 17.3. The Morgan fingerprint density at radius 1 is 0.950 bits per heavy atom. The van der Waals surface area contributed by atoms with E-state index in [1.807, 2.05) is 36.2 Å². The van der Waals surface area contributed by atoms with Gasteiger partial charge in [0.15, 0.2) is 5.82 Å². The van der Waals surface area contributed by atoms with Crippen molar-refractivity contribution in [2.75, 3.05) is 63.9 Å². The molecule has 2 aromatic heterocycles. The van der Waals surface area contributed by atoms with Crippen molar-refractivity contribution in [3.8, 4) is 28.8 Å². The fraction of sp³-hybridized carbons (Fsp3) is 0.395. The maximum Gasteiger partial charge on any atom is 0.418 e. The van der Waals surface area contributed by atoms with Crippen molar-refractivity contribution in [3.63, 3.8) is 0 Å². The zero-order valence-corrected chi connectivity index (χ0v) is 34.6. The minimum absolute atomic E-state index is 0.0550. The van der Waals surface area contributed by atoms with E-state index >= 15 is 17.6 Å². The lowest BCUT2D eigenvalue weighted by Crippen LogP contribution is -2.53. The lowest BCUT2D eigenvalue weighted by molar-refractivity contribution is -0.137. The van der Waals surface area contributed by atoms with E-state index in [1.165, 1.54) is 24.0 Å². The van der Waals surface area contributed by atoms with Crippen molar-refractivity contribution in [3.05, 3.63) is 93.8 Å². The molecule has 12 nitrogen and oxygen atoms in total. The first-order chi connectivity index (χ1) is 28.6. The lowest BCUT2D eigenvalue weighted by Gasteiger charge is -2.39. The molecule has 0 unspecified atom stereocenters. The van der Waals surface area contributed by atoms with Gasteiger partial charge in [0.1, 0.15) is 35.3 Å². The Morgan fingerprint density at radius 3 is 2.12 bits per heavy atom. The summed E-state index contributed by atoms with van der Waals surface area (Å²) in [6.45, 7) is 5.11. The molecule has 2 saturated heterocycles. The van der Waals surface area contributed by atoms with E-state index in [0.29, 0.717) is 11.5 Å². The molecule has 60 heavy (non-hydrogen) atoms. The number of pyridine rings is 1. The second-order valence-electron chi connectivity index (χ2n) is 15.2. The van der Waals surface area contributed by atoms with Crippen LogP contribution in [0.5, 0.6) is 17.5 Å². The number of piperazine rings is 1. The van der Waals surface area contributed by atoms with Gasteiger partial charge in [-0.05, 0) is 93.4 Å².